The van der Waals surface area contributed by atoms with Crippen molar-refractivity contribution in [2.24, 2.45) is 0 Å². The summed E-state index contributed by atoms with van der Waals surface area (Å²) in [6.45, 7) is 3.60. The Kier molecular flexibility index (Phi) is 6.55. The fourth-order valence-corrected chi connectivity index (χ4v) is 2.12. The van der Waals surface area contributed by atoms with Gasteiger partial charge in [0.1, 0.15) is 6.61 Å². The average molecular weight is 327 g/mol. The Morgan fingerprint density at radius 2 is 2.18 bits per heavy atom. The van der Waals surface area contributed by atoms with Crippen molar-refractivity contribution in [3.8, 4) is 11.5 Å². The second-order valence-corrected chi connectivity index (χ2v) is 5.11. The van der Waals surface area contributed by atoms with E-state index in [1.165, 1.54) is 6.08 Å². The smallest absolute Gasteiger partial charge is 0.330 e. The van der Waals surface area contributed by atoms with E-state index in [0.29, 0.717) is 29.7 Å². The van der Waals surface area contributed by atoms with Gasteiger partial charge in [0, 0.05) is 12.7 Å². The van der Waals surface area contributed by atoms with Gasteiger partial charge in [-0.1, -0.05) is 24.9 Å². The minimum absolute atomic E-state index is 0.155. The van der Waals surface area contributed by atoms with Crippen LogP contribution in [-0.4, -0.2) is 32.6 Å². The summed E-state index contributed by atoms with van der Waals surface area (Å²) in [5.74, 6) is 0.684. The molecule has 0 unspecified atom stereocenters. The first kappa shape index (κ1) is 16.6. The van der Waals surface area contributed by atoms with E-state index >= 15 is 0 Å². The van der Waals surface area contributed by atoms with E-state index < -0.39 is 5.97 Å². The Morgan fingerprint density at radius 1 is 1.32 bits per heavy atom. The molecule has 1 heterocycles. The molecule has 0 atom stereocenters. The molecule has 0 saturated carbocycles. The van der Waals surface area contributed by atoms with Crippen LogP contribution in [0.3, 0.4) is 0 Å². The molecular formula is C16H19ClO5. The van der Waals surface area contributed by atoms with Crippen LogP contribution in [0.2, 0.25) is 5.02 Å². The average Bonchev–Trinajstić information content (AvgIpc) is 2.98. The molecule has 0 radical (unpaired) electrons. The third-order valence-corrected chi connectivity index (χ3v) is 3.26. The van der Waals surface area contributed by atoms with Crippen molar-refractivity contribution in [2.45, 2.75) is 19.8 Å². The van der Waals surface area contributed by atoms with Gasteiger partial charge in [0.25, 0.3) is 0 Å². The molecule has 2 rings (SSSR count). The van der Waals surface area contributed by atoms with Crippen LogP contribution in [0.15, 0.2) is 18.2 Å². The highest BCUT2D eigenvalue weighted by atomic mass is 35.5. The minimum atomic E-state index is -0.423. The summed E-state index contributed by atoms with van der Waals surface area (Å²) >= 11 is 6.06. The third kappa shape index (κ3) is 4.93. The Hall–Kier alpha value is -1.72. The quantitative estimate of drug-likeness (QED) is 0.416. The van der Waals surface area contributed by atoms with Gasteiger partial charge in [0.05, 0.1) is 11.6 Å². The first-order chi connectivity index (χ1) is 10.7. The molecule has 0 spiro atoms. The lowest BCUT2D eigenvalue weighted by Crippen LogP contribution is -2.08. The molecule has 1 aromatic carbocycles. The summed E-state index contributed by atoms with van der Waals surface area (Å²) in [6, 6.07) is 3.46. The summed E-state index contributed by atoms with van der Waals surface area (Å²) in [6.07, 6.45) is 5.06. The SMILES string of the molecule is CCCCOCCOC(=O)/C=C/c1cc(Cl)c2c(c1)OCO2. The van der Waals surface area contributed by atoms with Crippen molar-refractivity contribution >= 4 is 23.6 Å². The van der Waals surface area contributed by atoms with Crippen LogP contribution >= 0.6 is 11.6 Å². The van der Waals surface area contributed by atoms with Crippen LogP contribution in [0.5, 0.6) is 11.5 Å². The number of unbranched alkanes of at least 4 members (excludes halogenated alkanes) is 1. The van der Waals surface area contributed by atoms with Crippen molar-refractivity contribution in [2.75, 3.05) is 26.6 Å². The zero-order valence-electron chi connectivity index (χ0n) is 12.5. The number of fused-ring (bicyclic) bond motifs is 1. The largest absolute Gasteiger partial charge is 0.460 e. The van der Waals surface area contributed by atoms with E-state index in [1.807, 2.05) is 0 Å². The van der Waals surface area contributed by atoms with E-state index in [2.05, 4.69) is 6.92 Å². The maximum atomic E-state index is 11.6. The summed E-state index contributed by atoms with van der Waals surface area (Å²) in [4.78, 5) is 11.6. The lowest BCUT2D eigenvalue weighted by Gasteiger charge is -2.04. The number of benzene rings is 1. The van der Waals surface area contributed by atoms with Crippen LogP contribution in [0, 0.1) is 0 Å². The molecule has 0 amide bonds. The van der Waals surface area contributed by atoms with E-state index in [-0.39, 0.29) is 13.4 Å². The molecule has 1 aliphatic rings. The Bertz CT molecular complexity index is 542. The molecule has 0 bridgehead atoms. The molecule has 0 fully saturated rings. The lowest BCUT2D eigenvalue weighted by atomic mass is 10.2. The first-order valence-electron chi connectivity index (χ1n) is 7.22. The van der Waals surface area contributed by atoms with Gasteiger partial charge in [-0.15, -0.1) is 0 Å². The minimum Gasteiger partial charge on any atom is -0.460 e. The van der Waals surface area contributed by atoms with Gasteiger partial charge in [0.15, 0.2) is 11.5 Å². The highest BCUT2D eigenvalue weighted by Gasteiger charge is 2.17. The summed E-state index contributed by atoms with van der Waals surface area (Å²) in [5.41, 5.74) is 0.741. The van der Waals surface area contributed by atoms with E-state index in [9.17, 15) is 4.79 Å². The summed E-state index contributed by atoms with van der Waals surface area (Å²) < 4.78 is 20.8. The number of hydrogen-bond acceptors (Lipinski definition) is 5. The third-order valence-electron chi connectivity index (χ3n) is 2.98. The lowest BCUT2D eigenvalue weighted by molar-refractivity contribution is -0.139. The molecular weight excluding hydrogens is 308 g/mol. The molecule has 6 heteroatoms. The van der Waals surface area contributed by atoms with Gasteiger partial charge in [-0.05, 0) is 30.2 Å². The number of carbonyl (C=O) groups is 1. The molecule has 5 nitrogen and oxygen atoms in total. The van der Waals surface area contributed by atoms with Crippen LogP contribution in [0.25, 0.3) is 6.08 Å². The summed E-state index contributed by atoms with van der Waals surface area (Å²) in [5, 5.41) is 0.451. The molecule has 22 heavy (non-hydrogen) atoms. The predicted molar refractivity (Wildman–Crippen MR) is 83.3 cm³/mol. The van der Waals surface area contributed by atoms with Crippen LogP contribution < -0.4 is 9.47 Å². The van der Waals surface area contributed by atoms with E-state index in [1.54, 1.807) is 18.2 Å². The van der Waals surface area contributed by atoms with E-state index in [4.69, 9.17) is 30.5 Å². The second kappa shape index (κ2) is 8.66. The van der Waals surface area contributed by atoms with Gasteiger partial charge < -0.3 is 18.9 Å². The molecule has 1 aliphatic heterocycles. The zero-order chi connectivity index (χ0) is 15.8. The monoisotopic (exact) mass is 326 g/mol. The first-order valence-corrected chi connectivity index (χ1v) is 7.60. The topological polar surface area (TPSA) is 54.0 Å². The van der Waals surface area contributed by atoms with Crippen LogP contribution in [0.1, 0.15) is 25.3 Å². The molecule has 0 N–H and O–H groups in total. The fraction of sp³-hybridized carbons (Fsp3) is 0.438. The van der Waals surface area contributed by atoms with Gasteiger partial charge in [-0.3, -0.25) is 0 Å². The van der Waals surface area contributed by atoms with Gasteiger partial charge in [-0.25, -0.2) is 4.79 Å². The number of carbonyl (C=O) groups excluding carboxylic acids is 1. The van der Waals surface area contributed by atoms with Gasteiger partial charge >= 0.3 is 5.97 Å². The predicted octanol–water partition coefficient (Wildman–Crippen LogP) is 3.44. The fourth-order valence-electron chi connectivity index (χ4n) is 1.85. The molecule has 1 aromatic rings. The van der Waals surface area contributed by atoms with E-state index in [0.717, 1.165) is 18.4 Å². The molecule has 120 valence electrons. The Balaban J connectivity index is 1.77. The van der Waals surface area contributed by atoms with Crippen molar-refractivity contribution in [1.82, 2.24) is 0 Å². The number of rotatable bonds is 8. The Morgan fingerprint density at radius 3 is 3.00 bits per heavy atom. The highest BCUT2D eigenvalue weighted by molar-refractivity contribution is 6.32. The second-order valence-electron chi connectivity index (χ2n) is 4.70. The van der Waals surface area contributed by atoms with Gasteiger partial charge in [-0.2, -0.15) is 0 Å². The molecule has 0 aliphatic carbocycles. The normalized spacial score (nSPS) is 12.8. The number of ether oxygens (including phenoxy) is 4. The van der Waals surface area contributed by atoms with Crippen molar-refractivity contribution < 1.29 is 23.7 Å². The number of esters is 1. The van der Waals surface area contributed by atoms with Crippen molar-refractivity contribution in [1.29, 1.82) is 0 Å². The maximum Gasteiger partial charge on any atom is 0.330 e. The maximum absolute atomic E-state index is 11.6. The van der Waals surface area contributed by atoms with Crippen molar-refractivity contribution in [3.05, 3.63) is 28.8 Å². The van der Waals surface area contributed by atoms with Crippen LogP contribution in [0.4, 0.5) is 0 Å². The van der Waals surface area contributed by atoms with Crippen molar-refractivity contribution in [3.63, 3.8) is 0 Å². The summed E-state index contributed by atoms with van der Waals surface area (Å²) in [7, 11) is 0. The number of hydrogen-bond donors (Lipinski definition) is 0. The standard InChI is InChI=1S/C16H19ClO5/c1-2-3-6-19-7-8-20-15(18)5-4-12-9-13(17)16-14(10-12)21-11-22-16/h4-5,9-10H,2-3,6-8,11H2,1H3/b5-4+. The highest BCUT2D eigenvalue weighted by Crippen LogP contribution is 2.40. The zero-order valence-corrected chi connectivity index (χ0v) is 13.2. The number of halogens is 1. The van der Waals surface area contributed by atoms with Crippen LogP contribution in [-0.2, 0) is 14.3 Å². The molecule has 0 saturated heterocycles. The molecule has 0 aromatic heterocycles. The Labute approximate surface area is 134 Å². The van der Waals surface area contributed by atoms with Gasteiger partial charge in [0.2, 0.25) is 6.79 Å².